The number of hydrogen-bond acceptors (Lipinski definition) is 3. The second kappa shape index (κ2) is 4.81. The first kappa shape index (κ1) is 11.4. The molecule has 2 atom stereocenters. The van der Waals surface area contributed by atoms with Crippen LogP contribution in [0.2, 0.25) is 0 Å². The SMILES string of the molecule is CN1CCN(C)C(C(O)C2CCCC2)C1. The van der Waals surface area contributed by atoms with Gasteiger partial charge in [-0.1, -0.05) is 12.8 Å². The van der Waals surface area contributed by atoms with E-state index in [1.807, 2.05) is 0 Å². The molecule has 15 heavy (non-hydrogen) atoms. The molecule has 1 saturated carbocycles. The van der Waals surface area contributed by atoms with E-state index in [0.29, 0.717) is 12.0 Å². The van der Waals surface area contributed by atoms with Crippen LogP contribution in [0.1, 0.15) is 25.7 Å². The fourth-order valence-electron chi connectivity index (χ4n) is 3.03. The lowest BCUT2D eigenvalue weighted by Gasteiger charge is -2.41. The summed E-state index contributed by atoms with van der Waals surface area (Å²) in [5.41, 5.74) is 0. The van der Waals surface area contributed by atoms with Crippen molar-refractivity contribution < 1.29 is 5.11 Å². The molecule has 2 aliphatic rings. The van der Waals surface area contributed by atoms with E-state index in [1.165, 1.54) is 25.7 Å². The highest BCUT2D eigenvalue weighted by Gasteiger charge is 2.34. The summed E-state index contributed by atoms with van der Waals surface area (Å²) in [5, 5.41) is 10.4. The van der Waals surface area contributed by atoms with E-state index < -0.39 is 0 Å². The summed E-state index contributed by atoms with van der Waals surface area (Å²) in [5.74, 6) is 0.559. The van der Waals surface area contributed by atoms with Gasteiger partial charge < -0.3 is 10.0 Å². The highest BCUT2D eigenvalue weighted by molar-refractivity contribution is 4.89. The lowest BCUT2D eigenvalue weighted by molar-refractivity contribution is -0.0143. The summed E-state index contributed by atoms with van der Waals surface area (Å²) in [6.07, 6.45) is 4.98. The van der Waals surface area contributed by atoms with Crippen molar-refractivity contribution in [2.75, 3.05) is 33.7 Å². The molecular weight excluding hydrogens is 188 g/mol. The molecule has 88 valence electrons. The van der Waals surface area contributed by atoms with Crippen molar-refractivity contribution >= 4 is 0 Å². The molecule has 1 aliphatic heterocycles. The van der Waals surface area contributed by atoms with Crippen LogP contribution in [0.4, 0.5) is 0 Å². The van der Waals surface area contributed by atoms with Crippen LogP contribution in [0, 0.1) is 5.92 Å². The summed E-state index contributed by atoms with van der Waals surface area (Å²) in [6, 6.07) is 0.354. The third-order valence-electron chi connectivity index (χ3n) is 4.18. The van der Waals surface area contributed by atoms with Crippen molar-refractivity contribution in [2.24, 2.45) is 5.92 Å². The predicted molar refractivity (Wildman–Crippen MR) is 61.9 cm³/mol. The zero-order chi connectivity index (χ0) is 10.8. The maximum absolute atomic E-state index is 10.4. The highest BCUT2D eigenvalue weighted by atomic mass is 16.3. The minimum atomic E-state index is -0.111. The van der Waals surface area contributed by atoms with Crippen LogP contribution in [-0.4, -0.2) is 60.8 Å². The Kier molecular flexibility index (Phi) is 3.65. The number of piperazine rings is 1. The second-order valence-electron chi connectivity index (χ2n) is 5.35. The summed E-state index contributed by atoms with van der Waals surface area (Å²) in [7, 11) is 4.30. The standard InChI is InChI=1S/C12H24N2O/c1-13-7-8-14(2)11(9-13)12(15)10-5-3-4-6-10/h10-12,15H,3-9H2,1-2H3. The van der Waals surface area contributed by atoms with Crippen molar-refractivity contribution in [1.82, 2.24) is 9.80 Å². The molecule has 0 amide bonds. The van der Waals surface area contributed by atoms with Crippen molar-refractivity contribution in [1.29, 1.82) is 0 Å². The van der Waals surface area contributed by atoms with Gasteiger partial charge in [-0.05, 0) is 32.9 Å². The number of nitrogens with zero attached hydrogens (tertiary/aromatic N) is 2. The zero-order valence-corrected chi connectivity index (χ0v) is 10.0. The van der Waals surface area contributed by atoms with E-state index in [2.05, 4.69) is 23.9 Å². The van der Waals surface area contributed by atoms with Crippen molar-refractivity contribution in [3.05, 3.63) is 0 Å². The fourth-order valence-corrected chi connectivity index (χ4v) is 3.03. The lowest BCUT2D eigenvalue weighted by Crippen LogP contribution is -2.56. The quantitative estimate of drug-likeness (QED) is 0.733. The monoisotopic (exact) mass is 212 g/mol. The van der Waals surface area contributed by atoms with Crippen LogP contribution < -0.4 is 0 Å². The van der Waals surface area contributed by atoms with Crippen molar-refractivity contribution in [2.45, 2.75) is 37.8 Å². The molecular formula is C12H24N2O. The van der Waals surface area contributed by atoms with Gasteiger partial charge in [0, 0.05) is 25.7 Å². The first-order valence-electron chi connectivity index (χ1n) is 6.25. The van der Waals surface area contributed by atoms with E-state index in [-0.39, 0.29) is 6.10 Å². The summed E-state index contributed by atoms with van der Waals surface area (Å²) < 4.78 is 0. The molecule has 0 aromatic carbocycles. The predicted octanol–water partition coefficient (Wildman–Crippen LogP) is 0.783. The van der Waals surface area contributed by atoms with Crippen LogP contribution in [0.25, 0.3) is 0 Å². The van der Waals surface area contributed by atoms with Crippen LogP contribution in [-0.2, 0) is 0 Å². The Balaban J connectivity index is 1.94. The van der Waals surface area contributed by atoms with Gasteiger partial charge in [0.05, 0.1) is 6.10 Å². The van der Waals surface area contributed by atoms with E-state index in [9.17, 15) is 5.11 Å². The van der Waals surface area contributed by atoms with Gasteiger partial charge in [0.2, 0.25) is 0 Å². The first-order valence-corrected chi connectivity index (χ1v) is 6.25. The molecule has 3 heteroatoms. The summed E-state index contributed by atoms with van der Waals surface area (Å²) >= 11 is 0. The van der Waals surface area contributed by atoms with Gasteiger partial charge in [-0.25, -0.2) is 0 Å². The Morgan fingerprint density at radius 1 is 1.13 bits per heavy atom. The maximum atomic E-state index is 10.4. The number of aliphatic hydroxyl groups excluding tert-OH is 1. The van der Waals surface area contributed by atoms with Crippen molar-refractivity contribution in [3.63, 3.8) is 0 Å². The zero-order valence-electron chi connectivity index (χ0n) is 10.0. The van der Waals surface area contributed by atoms with Crippen LogP contribution in [0.15, 0.2) is 0 Å². The minimum absolute atomic E-state index is 0.111. The van der Waals surface area contributed by atoms with E-state index in [0.717, 1.165) is 19.6 Å². The Morgan fingerprint density at radius 3 is 2.47 bits per heavy atom. The van der Waals surface area contributed by atoms with E-state index in [1.54, 1.807) is 0 Å². The summed E-state index contributed by atoms with van der Waals surface area (Å²) in [4.78, 5) is 4.67. The van der Waals surface area contributed by atoms with Gasteiger partial charge in [0.15, 0.2) is 0 Å². The van der Waals surface area contributed by atoms with Gasteiger partial charge in [0.1, 0.15) is 0 Å². The van der Waals surface area contributed by atoms with Crippen molar-refractivity contribution in [3.8, 4) is 0 Å². The maximum Gasteiger partial charge on any atom is 0.0735 e. The van der Waals surface area contributed by atoms with E-state index in [4.69, 9.17) is 0 Å². The van der Waals surface area contributed by atoms with Crippen LogP contribution >= 0.6 is 0 Å². The van der Waals surface area contributed by atoms with Gasteiger partial charge in [0.25, 0.3) is 0 Å². The third kappa shape index (κ3) is 2.52. The summed E-state index contributed by atoms with van der Waals surface area (Å²) in [6.45, 7) is 3.24. The molecule has 0 bridgehead atoms. The number of likely N-dealkylation sites (N-methyl/N-ethyl adjacent to an activating group) is 2. The molecule has 3 nitrogen and oxygen atoms in total. The average Bonchev–Trinajstić information content (AvgIpc) is 2.74. The molecule has 0 aromatic rings. The molecule has 0 spiro atoms. The lowest BCUT2D eigenvalue weighted by atomic mass is 9.92. The Hall–Kier alpha value is -0.120. The second-order valence-corrected chi connectivity index (χ2v) is 5.35. The van der Waals surface area contributed by atoms with Gasteiger partial charge in [-0.2, -0.15) is 0 Å². The minimum Gasteiger partial charge on any atom is -0.391 e. The third-order valence-corrected chi connectivity index (χ3v) is 4.18. The number of aliphatic hydroxyl groups is 1. The molecule has 2 rings (SSSR count). The van der Waals surface area contributed by atoms with Gasteiger partial charge in [-0.3, -0.25) is 4.90 Å². The van der Waals surface area contributed by atoms with E-state index >= 15 is 0 Å². The Labute approximate surface area is 93.1 Å². The Bertz CT molecular complexity index is 204. The molecule has 0 radical (unpaired) electrons. The Morgan fingerprint density at radius 2 is 1.80 bits per heavy atom. The van der Waals surface area contributed by atoms with Gasteiger partial charge in [-0.15, -0.1) is 0 Å². The first-order chi connectivity index (χ1) is 7.18. The molecule has 1 aliphatic carbocycles. The topological polar surface area (TPSA) is 26.7 Å². The molecule has 1 saturated heterocycles. The average molecular weight is 212 g/mol. The van der Waals surface area contributed by atoms with Crippen LogP contribution in [0.5, 0.6) is 0 Å². The molecule has 1 heterocycles. The van der Waals surface area contributed by atoms with Crippen LogP contribution in [0.3, 0.4) is 0 Å². The fraction of sp³-hybridized carbons (Fsp3) is 1.00. The normalized spacial score (nSPS) is 33.4. The number of hydrogen-bond donors (Lipinski definition) is 1. The highest BCUT2D eigenvalue weighted by Crippen LogP contribution is 2.30. The smallest absolute Gasteiger partial charge is 0.0735 e. The van der Waals surface area contributed by atoms with Gasteiger partial charge >= 0.3 is 0 Å². The molecule has 2 unspecified atom stereocenters. The molecule has 0 aromatic heterocycles. The molecule has 2 fully saturated rings. The molecule has 1 N–H and O–H groups in total. The number of rotatable bonds is 2. The largest absolute Gasteiger partial charge is 0.391 e.